The van der Waals surface area contributed by atoms with Crippen LogP contribution >= 0.6 is 0 Å². The number of rotatable bonds is 6. The second-order valence-corrected chi connectivity index (χ2v) is 8.35. The molecule has 0 amide bonds. The summed E-state index contributed by atoms with van der Waals surface area (Å²) in [6.45, 7) is 11.9. The van der Waals surface area contributed by atoms with Gasteiger partial charge in [-0.05, 0) is 18.3 Å². The number of hydrogen-bond donors (Lipinski definition) is 1. The number of piperazine rings is 1. The first-order valence-corrected chi connectivity index (χ1v) is 9.13. The van der Waals surface area contributed by atoms with Crippen molar-refractivity contribution in [2.45, 2.75) is 59.5 Å². The van der Waals surface area contributed by atoms with E-state index in [-0.39, 0.29) is 17.8 Å². The van der Waals surface area contributed by atoms with Gasteiger partial charge in [0.15, 0.2) is 0 Å². The van der Waals surface area contributed by atoms with Crippen LogP contribution < -0.4 is 5.32 Å². The van der Waals surface area contributed by atoms with Gasteiger partial charge in [-0.2, -0.15) is 4.31 Å². The third-order valence-corrected chi connectivity index (χ3v) is 5.96. The summed E-state index contributed by atoms with van der Waals surface area (Å²) in [7, 11) is -3.11. The van der Waals surface area contributed by atoms with Gasteiger partial charge < -0.3 is 5.32 Å². The summed E-state index contributed by atoms with van der Waals surface area (Å²) < 4.78 is 26.8. The summed E-state index contributed by atoms with van der Waals surface area (Å²) in [6, 6.07) is 0.364. The Bertz CT molecular complexity index is 366. The van der Waals surface area contributed by atoms with E-state index in [9.17, 15) is 8.42 Å². The van der Waals surface area contributed by atoms with E-state index in [1.165, 1.54) is 0 Å². The van der Waals surface area contributed by atoms with Crippen LogP contribution in [0.4, 0.5) is 0 Å². The summed E-state index contributed by atoms with van der Waals surface area (Å²) in [5, 5.41) is 3.50. The lowest BCUT2D eigenvalue weighted by atomic mass is 9.96. The lowest BCUT2D eigenvalue weighted by Gasteiger charge is -2.42. The fourth-order valence-corrected chi connectivity index (χ4v) is 4.55. The minimum atomic E-state index is -3.11. The molecule has 1 N–H and O–H groups in total. The number of nitrogens with zero attached hydrogens (tertiary/aromatic N) is 1. The molecule has 0 bridgehead atoms. The Balaban J connectivity index is 2.88. The Morgan fingerprint density at radius 3 is 2.32 bits per heavy atom. The highest BCUT2D eigenvalue weighted by Gasteiger charge is 2.37. The number of sulfonamides is 1. The molecule has 0 aromatic carbocycles. The van der Waals surface area contributed by atoms with E-state index in [1.807, 2.05) is 6.92 Å². The number of unbranched alkanes of at least 4 members (excludes halogenated alkanes) is 1. The molecule has 0 aromatic heterocycles. The molecule has 1 saturated heterocycles. The highest BCUT2D eigenvalue weighted by Crippen LogP contribution is 2.22. The van der Waals surface area contributed by atoms with Crippen molar-refractivity contribution in [3.05, 3.63) is 0 Å². The SMILES string of the molecule is CCCCS(=O)(=O)N1CC(C(C)C)NCC1C(C)C. The zero-order valence-electron chi connectivity index (χ0n) is 13.0. The fraction of sp³-hybridized carbons (Fsp3) is 1.00. The zero-order chi connectivity index (χ0) is 14.6. The molecule has 1 rings (SSSR count). The van der Waals surface area contributed by atoms with Gasteiger partial charge in [0.25, 0.3) is 0 Å². The van der Waals surface area contributed by atoms with Crippen LogP contribution in [0.15, 0.2) is 0 Å². The number of nitrogens with one attached hydrogen (secondary N) is 1. The molecule has 0 saturated carbocycles. The molecule has 1 heterocycles. The van der Waals surface area contributed by atoms with Gasteiger partial charge in [-0.15, -0.1) is 0 Å². The van der Waals surface area contributed by atoms with Gasteiger partial charge in [0.1, 0.15) is 0 Å². The van der Waals surface area contributed by atoms with Crippen molar-refractivity contribution in [2.24, 2.45) is 11.8 Å². The van der Waals surface area contributed by atoms with Gasteiger partial charge in [-0.25, -0.2) is 8.42 Å². The lowest BCUT2D eigenvalue weighted by Crippen LogP contribution is -2.61. The Morgan fingerprint density at radius 2 is 1.84 bits per heavy atom. The maximum Gasteiger partial charge on any atom is 0.214 e. The Kier molecular flexibility index (Phi) is 6.27. The highest BCUT2D eigenvalue weighted by molar-refractivity contribution is 7.89. The van der Waals surface area contributed by atoms with Crippen molar-refractivity contribution < 1.29 is 8.42 Å². The molecule has 1 aliphatic heterocycles. The topological polar surface area (TPSA) is 49.4 Å². The van der Waals surface area contributed by atoms with Crippen LogP contribution in [-0.2, 0) is 10.0 Å². The average molecular weight is 290 g/mol. The molecule has 19 heavy (non-hydrogen) atoms. The van der Waals surface area contributed by atoms with Crippen molar-refractivity contribution in [1.82, 2.24) is 9.62 Å². The first-order chi connectivity index (χ1) is 8.79. The minimum absolute atomic E-state index is 0.0943. The van der Waals surface area contributed by atoms with Gasteiger partial charge >= 0.3 is 0 Å². The predicted octanol–water partition coefficient (Wildman–Crippen LogP) is 2.07. The van der Waals surface area contributed by atoms with E-state index in [1.54, 1.807) is 4.31 Å². The molecular weight excluding hydrogens is 260 g/mol. The van der Waals surface area contributed by atoms with Gasteiger partial charge in [0.2, 0.25) is 10.0 Å². The molecule has 4 nitrogen and oxygen atoms in total. The summed E-state index contributed by atoms with van der Waals surface area (Å²) in [4.78, 5) is 0. The van der Waals surface area contributed by atoms with Gasteiger partial charge in [0, 0.05) is 25.2 Å². The summed E-state index contributed by atoms with van der Waals surface area (Å²) in [5.41, 5.74) is 0. The van der Waals surface area contributed by atoms with Gasteiger partial charge in [0.05, 0.1) is 5.75 Å². The molecule has 2 atom stereocenters. The molecule has 2 unspecified atom stereocenters. The molecule has 114 valence electrons. The van der Waals surface area contributed by atoms with E-state index in [2.05, 4.69) is 33.0 Å². The molecular formula is C14H30N2O2S. The van der Waals surface area contributed by atoms with E-state index >= 15 is 0 Å². The zero-order valence-corrected chi connectivity index (χ0v) is 13.8. The minimum Gasteiger partial charge on any atom is -0.311 e. The summed E-state index contributed by atoms with van der Waals surface area (Å²) in [6.07, 6.45) is 1.68. The molecule has 0 aliphatic carbocycles. The van der Waals surface area contributed by atoms with Crippen molar-refractivity contribution in [1.29, 1.82) is 0 Å². The molecule has 1 aliphatic rings. The van der Waals surface area contributed by atoms with Crippen LogP contribution in [0.1, 0.15) is 47.5 Å². The van der Waals surface area contributed by atoms with Gasteiger partial charge in [-0.1, -0.05) is 41.0 Å². The van der Waals surface area contributed by atoms with Crippen LogP contribution in [0.2, 0.25) is 0 Å². The van der Waals surface area contributed by atoms with E-state index in [0.29, 0.717) is 18.4 Å². The van der Waals surface area contributed by atoms with Crippen LogP contribution in [0.3, 0.4) is 0 Å². The smallest absolute Gasteiger partial charge is 0.214 e. The Labute approximate surface area is 119 Å². The predicted molar refractivity (Wildman–Crippen MR) is 80.7 cm³/mol. The average Bonchev–Trinajstić information content (AvgIpc) is 2.35. The number of hydrogen-bond acceptors (Lipinski definition) is 3. The maximum atomic E-state index is 12.5. The van der Waals surface area contributed by atoms with E-state index in [0.717, 1.165) is 19.4 Å². The fourth-order valence-electron chi connectivity index (χ4n) is 2.55. The Morgan fingerprint density at radius 1 is 1.21 bits per heavy atom. The van der Waals surface area contributed by atoms with E-state index < -0.39 is 10.0 Å². The Hall–Kier alpha value is -0.130. The summed E-state index contributed by atoms with van der Waals surface area (Å²) >= 11 is 0. The largest absolute Gasteiger partial charge is 0.311 e. The molecule has 0 spiro atoms. The van der Waals surface area contributed by atoms with Crippen molar-refractivity contribution >= 4 is 10.0 Å². The van der Waals surface area contributed by atoms with Crippen LogP contribution in [0.25, 0.3) is 0 Å². The maximum absolute atomic E-state index is 12.5. The quantitative estimate of drug-likeness (QED) is 0.815. The first-order valence-electron chi connectivity index (χ1n) is 7.52. The van der Waals surface area contributed by atoms with Crippen molar-refractivity contribution in [3.63, 3.8) is 0 Å². The summed E-state index contributed by atoms with van der Waals surface area (Å²) in [5.74, 6) is 1.09. The normalized spacial score (nSPS) is 26.3. The third-order valence-electron chi connectivity index (χ3n) is 4.02. The monoisotopic (exact) mass is 290 g/mol. The molecule has 0 radical (unpaired) electrons. The molecule has 0 aromatic rings. The first kappa shape index (κ1) is 16.9. The van der Waals surface area contributed by atoms with Crippen LogP contribution in [0, 0.1) is 11.8 Å². The van der Waals surface area contributed by atoms with Gasteiger partial charge in [-0.3, -0.25) is 0 Å². The van der Waals surface area contributed by atoms with Crippen molar-refractivity contribution in [2.75, 3.05) is 18.8 Å². The second kappa shape index (κ2) is 7.04. The lowest BCUT2D eigenvalue weighted by molar-refractivity contribution is 0.162. The molecule has 1 fully saturated rings. The van der Waals surface area contributed by atoms with Crippen LogP contribution in [0.5, 0.6) is 0 Å². The van der Waals surface area contributed by atoms with E-state index in [4.69, 9.17) is 0 Å². The standard InChI is InChI=1S/C14H30N2O2S/c1-6-7-8-19(17,18)16-10-13(11(2)3)15-9-14(16)12(4)5/h11-15H,6-10H2,1-5H3. The molecule has 5 heteroatoms. The van der Waals surface area contributed by atoms with Crippen LogP contribution in [-0.4, -0.2) is 43.6 Å². The highest BCUT2D eigenvalue weighted by atomic mass is 32.2. The van der Waals surface area contributed by atoms with Crippen molar-refractivity contribution in [3.8, 4) is 0 Å². The third kappa shape index (κ3) is 4.43. The second-order valence-electron chi connectivity index (χ2n) is 6.31.